The van der Waals surface area contributed by atoms with Crippen LogP contribution in [-0.4, -0.2) is 43.0 Å². The van der Waals surface area contributed by atoms with Crippen LogP contribution in [0.1, 0.15) is 39.9 Å². The summed E-state index contributed by atoms with van der Waals surface area (Å²) >= 11 is 1.43. The number of carbonyl (C=O) groups is 2. The lowest BCUT2D eigenvalue weighted by molar-refractivity contribution is -0.119. The van der Waals surface area contributed by atoms with Gasteiger partial charge < -0.3 is 15.4 Å². The maximum Gasteiger partial charge on any atom is 0.261 e. The van der Waals surface area contributed by atoms with Crippen molar-refractivity contribution in [2.24, 2.45) is 0 Å². The van der Waals surface area contributed by atoms with E-state index in [1.165, 1.54) is 23.8 Å². The highest BCUT2D eigenvalue weighted by atomic mass is 32.1. The van der Waals surface area contributed by atoms with Crippen molar-refractivity contribution < 1.29 is 14.3 Å². The van der Waals surface area contributed by atoms with Gasteiger partial charge in [-0.15, -0.1) is 11.3 Å². The van der Waals surface area contributed by atoms with Crippen LogP contribution in [0.15, 0.2) is 36.4 Å². The quantitative estimate of drug-likeness (QED) is 0.749. The predicted molar refractivity (Wildman–Crippen MR) is 111 cm³/mol. The summed E-state index contributed by atoms with van der Waals surface area (Å²) in [6.07, 6.45) is 1.89. The minimum atomic E-state index is -0.0693. The molecule has 1 aromatic heterocycles. The van der Waals surface area contributed by atoms with Crippen LogP contribution in [0.2, 0.25) is 0 Å². The lowest BCUT2D eigenvalue weighted by Gasteiger charge is -2.32. The Hall–Kier alpha value is -2.38. The first kappa shape index (κ1) is 20.4. The zero-order valence-electron chi connectivity index (χ0n) is 16.4. The van der Waals surface area contributed by atoms with E-state index in [1.54, 1.807) is 7.11 Å². The van der Waals surface area contributed by atoms with Crippen molar-refractivity contribution in [1.82, 2.24) is 15.5 Å². The third-order valence-electron chi connectivity index (χ3n) is 4.86. The van der Waals surface area contributed by atoms with E-state index in [1.807, 2.05) is 24.3 Å². The summed E-state index contributed by atoms with van der Waals surface area (Å²) < 4.78 is 5.29. The lowest BCUT2D eigenvalue weighted by Crippen LogP contribution is -2.44. The first-order chi connectivity index (χ1) is 13.5. The van der Waals surface area contributed by atoms with Crippen LogP contribution in [0.4, 0.5) is 0 Å². The molecule has 2 aromatic rings. The van der Waals surface area contributed by atoms with Gasteiger partial charge in [0.2, 0.25) is 5.91 Å². The lowest BCUT2D eigenvalue weighted by atomic mass is 10.0. The second kappa shape index (κ2) is 9.71. The third-order valence-corrected chi connectivity index (χ3v) is 5.94. The highest BCUT2D eigenvalue weighted by Gasteiger charge is 2.22. The number of benzene rings is 1. The van der Waals surface area contributed by atoms with E-state index in [2.05, 4.69) is 27.7 Å². The Bertz CT molecular complexity index is 813. The standard InChI is InChI=1S/C21H27N3O3S/c1-15(25)22-13-19-6-7-20(28-19)21(26)23-17-8-10-24(11-9-17)14-16-4-3-5-18(12-16)27-2/h3-7,12,17H,8-11,13-14H2,1-2H3,(H,22,25)(H,23,26). The molecule has 0 unspecified atom stereocenters. The number of nitrogens with one attached hydrogen (secondary N) is 2. The van der Waals surface area contributed by atoms with Gasteiger partial charge in [0.15, 0.2) is 0 Å². The number of methoxy groups -OCH3 is 1. The van der Waals surface area contributed by atoms with Crippen molar-refractivity contribution in [1.29, 1.82) is 0 Å². The maximum atomic E-state index is 12.5. The molecular weight excluding hydrogens is 374 g/mol. The number of likely N-dealkylation sites (tertiary alicyclic amines) is 1. The molecule has 3 rings (SSSR count). The van der Waals surface area contributed by atoms with Crippen molar-refractivity contribution in [3.63, 3.8) is 0 Å². The summed E-state index contributed by atoms with van der Waals surface area (Å²) in [5.74, 6) is 0.791. The summed E-state index contributed by atoms with van der Waals surface area (Å²) in [5.41, 5.74) is 1.24. The molecule has 6 nitrogen and oxygen atoms in total. The van der Waals surface area contributed by atoms with Crippen molar-refractivity contribution in [2.75, 3.05) is 20.2 Å². The van der Waals surface area contributed by atoms with Crippen LogP contribution in [-0.2, 0) is 17.9 Å². The van der Waals surface area contributed by atoms with Gasteiger partial charge in [0.25, 0.3) is 5.91 Å². The molecule has 0 saturated carbocycles. The number of nitrogens with zero attached hydrogens (tertiary/aromatic N) is 1. The van der Waals surface area contributed by atoms with Gasteiger partial charge in [0, 0.05) is 37.5 Å². The van der Waals surface area contributed by atoms with E-state index in [9.17, 15) is 9.59 Å². The Morgan fingerprint density at radius 3 is 2.71 bits per heavy atom. The summed E-state index contributed by atoms with van der Waals surface area (Å²) in [6.45, 7) is 4.77. The molecule has 0 radical (unpaired) electrons. The van der Waals surface area contributed by atoms with Gasteiger partial charge in [-0.05, 0) is 42.7 Å². The van der Waals surface area contributed by atoms with Crippen LogP contribution in [0, 0.1) is 0 Å². The second-order valence-corrected chi connectivity index (χ2v) is 8.22. The van der Waals surface area contributed by atoms with Gasteiger partial charge in [-0.25, -0.2) is 0 Å². The van der Waals surface area contributed by atoms with Crippen molar-refractivity contribution in [3.8, 4) is 5.75 Å². The Labute approximate surface area is 169 Å². The average molecular weight is 402 g/mol. The smallest absolute Gasteiger partial charge is 0.261 e. The molecule has 0 spiro atoms. The molecule has 28 heavy (non-hydrogen) atoms. The Morgan fingerprint density at radius 2 is 2.00 bits per heavy atom. The summed E-state index contributed by atoms with van der Waals surface area (Å²) in [4.78, 5) is 27.6. The number of hydrogen-bond donors (Lipinski definition) is 2. The largest absolute Gasteiger partial charge is 0.497 e. The van der Waals surface area contributed by atoms with Crippen molar-refractivity contribution in [3.05, 3.63) is 51.7 Å². The summed E-state index contributed by atoms with van der Waals surface area (Å²) in [7, 11) is 1.68. The maximum absolute atomic E-state index is 12.5. The Balaban J connectivity index is 1.44. The molecule has 1 fully saturated rings. The van der Waals surface area contributed by atoms with Crippen molar-refractivity contribution in [2.45, 2.75) is 38.9 Å². The van der Waals surface area contributed by atoms with Gasteiger partial charge in [-0.3, -0.25) is 14.5 Å². The van der Waals surface area contributed by atoms with E-state index in [0.717, 1.165) is 43.1 Å². The molecule has 7 heteroatoms. The topological polar surface area (TPSA) is 70.7 Å². The molecule has 1 aliphatic heterocycles. The van der Waals surface area contributed by atoms with Crippen molar-refractivity contribution >= 4 is 23.2 Å². The van der Waals surface area contributed by atoms with Crippen LogP contribution < -0.4 is 15.4 Å². The van der Waals surface area contributed by atoms with Gasteiger partial charge in [-0.1, -0.05) is 12.1 Å². The minimum absolute atomic E-state index is 0.0229. The normalized spacial score (nSPS) is 15.2. The number of thiophene rings is 1. The zero-order chi connectivity index (χ0) is 19.9. The SMILES string of the molecule is COc1cccc(CN2CCC(NC(=O)c3ccc(CNC(C)=O)s3)CC2)c1. The molecular formula is C21H27N3O3S. The summed E-state index contributed by atoms with van der Waals surface area (Å²) in [5, 5.41) is 5.91. The van der Waals surface area contributed by atoms with Gasteiger partial charge in [-0.2, -0.15) is 0 Å². The monoisotopic (exact) mass is 401 g/mol. The number of piperidine rings is 1. The van der Waals surface area contributed by atoms with E-state index in [0.29, 0.717) is 11.4 Å². The van der Waals surface area contributed by atoms with Crippen LogP contribution >= 0.6 is 11.3 Å². The number of carbonyl (C=O) groups excluding carboxylic acids is 2. The molecule has 2 N–H and O–H groups in total. The molecule has 2 heterocycles. The highest BCUT2D eigenvalue weighted by molar-refractivity contribution is 7.14. The van der Waals surface area contributed by atoms with Crippen LogP contribution in [0.5, 0.6) is 5.75 Å². The van der Waals surface area contributed by atoms with Gasteiger partial charge in [0.1, 0.15) is 5.75 Å². The van der Waals surface area contributed by atoms with E-state index < -0.39 is 0 Å². The predicted octanol–water partition coefficient (Wildman–Crippen LogP) is 2.79. The molecule has 0 bridgehead atoms. The second-order valence-electron chi connectivity index (χ2n) is 7.05. The molecule has 2 amide bonds. The van der Waals surface area contributed by atoms with Gasteiger partial charge >= 0.3 is 0 Å². The molecule has 150 valence electrons. The fourth-order valence-electron chi connectivity index (χ4n) is 3.33. The Morgan fingerprint density at radius 1 is 1.21 bits per heavy atom. The molecule has 1 saturated heterocycles. The minimum Gasteiger partial charge on any atom is -0.497 e. The number of hydrogen-bond acceptors (Lipinski definition) is 5. The third kappa shape index (κ3) is 5.81. The molecule has 1 aliphatic rings. The summed E-state index contributed by atoms with van der Waals surface area (Å²) in [6, 6.07) is 12.1. The van der Waals surface area contributed by atoms with Crippen LogP contribution in [0.3, 0.4) is 0 Å². The molecule has 0 aliphatic carbocycles. The number of rotatable bonds is 7. The fourth-order valence-corrected chi connectivity index (χ4v) is 4.18. The fraction of sp³-hybridized carbons (Fsp3) is 0.429. The Kier molecular flexibility index (Phi) is 7.06. The number of ether oxygens (including phenoxy) is 1. The number of amides is 2. The first-order valence-electron chi connectivity index (χ1n) is 9.53. The molecule has 1 aromatic carbocycles. The first-order valence-corrected chi connectivity index (χ1v) is 10.3. The van der Waals surface area contributed by atoms with E-state index in [-0.39, 0.29) is 17.9 Å². The van der Waals surface area contributed by atoms with E-state index in [4.69, 9.17) is 4.74 Å². The van der Waals surface area contributed by atoms with Gasteiger partial charge in [0.05, 0.1) is 18.5 Å². The molecule has 0 atom stereocenters. The average Bonchev–Trinajstić information content (AvgIpc) is 3.17. The highest BCUT2D eigenvalue weighted by Crippen LogP contribution is 2.20. The zero-order valence-corrected chi connectivity index (χ0v) is 17.2. The van der Waals surface area contributed by atoms with Crippen LogP contribution in [0.25, 0.3) is 0 Å². The van der Waals surface area contributed by atoms with E-state index >= 15 is 0 Å².